The zero-order valence-electron chi connectivity index (χ0n) is 16.8. The summed E-state index contributed by atoms with van der Waals surface area (Å²) in [5.74, 6) is 0.0138. The molecule has 0 aromatic heterocycles. The van der Waals surface area contributed by atoms with E-state index in [0.29, 0.717) is 18.2 Å². The first-order valence-corrected chi connectivity index (χ1v) is 9.85. The van der Waals surface area contributed by atoms with Gasteiger partial charge in [-0.05, 0) is 48.4 Å². The second-order valence-corrected chi connectivity index (χ2v) is 7.62. The molecule has 0 saturated heterocycles. The van der Waals surface area contributed by atoms with Crippen molar-refractivity contribution in [2.75, 3.05) is 18.5 Å². The van der Waals surface area contributed by atoms with Crippen LogP contribution < -0.4 is 10.2 Å². The van der Waals surface area contributed by atoms with Crippen molar-refractivity contribution >= 4 is 34.8 Å². The molecular formula is C24H27ClN2O2. The molecule has 0 aliphatic carbocycles. The fourth-order valence-corrected chi connectivity index (χ4v) is 4.00. The molecule has 2 unspecified atom stereocenters. The lowest BCUT2D eigenvalue weighted by Crippen LogP contribution is -2.30. The van der Waals surface area contributed by atoms with Crippen molar-refractivity contribution < 1.29 is 9.90 Å². The van der Waals surface area contributed by atoms with Gasteiger partial charge < -0.3 is 15.3 Å². The Bertz CT molecular complexity index is 1010. The number of benzene rings is 3. The van der Waals surface area contributed by atoms with Gasteiger partial charge in [0.15, 0.2) is 0 Å². The van der Waals surface area contributed by atoms with Gasteiger partial charge in [-0.15, -0.1) is 12.4 Å². The van der Waals surface area contributed by atoms with Crippen molar-refractivity contribution in [1.29, 1.82) is 0 Å². The topological polar surface area (TPSA) is 52.6 Å². The van der Waals surface area contributed by atoms with E-state index < -0.39 is 6.10 Å². The number of carbonyl (C=O) groups is 1. The van der Waals surface area contributed by atoms with Crippen molar-refractivity contribution in [1.82, 2.24) is 5.32 Å². The minimum absolute atomic E-state index is 0. The molecule has 29 heavy (non-hydrogen) atoms. The van der Waals surface area contributed by atoms with Crippen LogP contribution in [0.2, 0.25) is 0 Å². The predicted molar refractivity (Wildman–Crippen MR) is 121 cm³/mol. The predicted octanol–water partition coefficient (Wildman–Crippen LogP) is 4.50. The van der Waals surface area contributed by atoms with Crippen molar-refractivity contribution in [2.45, 2.75) is 31.9 Å². The third-order valence-electron chi connectivity index (χ3n) is 5.68. The number of carbonyl (C=O) groups excluding carboxylic acids is 1. The van der Waals surface area contributed by atoms with Gasteiger partial charge >= 0.3 is 0 Å². The Hall–Kier alpha value is -2.40. The zero-order valence-corrected chi connectivity index (χ0v) is 17.6. The van der Waals surface area contributed by atoms with Gasteiger partial charge in [0, 0.05) is 30.6 Å². The van der Waals surface area contributed by atoms with E-state index in [-0.39, 0.29) is 18.3 Å². The monoisotopic (exact) mass is 410 g/mol. The van der Waals surface area contributed by atoms with Crippen LogP contribution in [-0.2, 0) is 6.42 Å². The molecular weight excluding hydrogens is 384 g/mol. The zero-order chi connectivity index (χ0) is 19.7. The van der Waals surface area contributed by atoms with E-state index in [2.05, 4.69) is 36.5 Å². The number of aryl methyl sites for hydroxylation is 1. The highest BCUT2D eigenvalue weighted by Crippen LogP contribution is 2.39. The van der Waals surface area contributed by atoms with Crippen LogP contribution in [0.4, 0.5) is 5.69 Å². The maximum Gasteiger partial charge on any atom is 0.258 e. The summed E-state index contributed by atoms with van der Waals surface area (Å²) in [4.78, 5) is 14.1. The Morgan fingerprint density at radius 2 is 1.79 bits per heavy atom. The van der Waals surface area contributed by atoms with E-state index in [1.165, 1.54) is 5.56 Å². The number of hydrogen-bond acceptors (Lipinski definition) is 3. The van der Waals surface area contributed by atoms with Crippen LogP contribution in [0.25, 0.3) is 10.8 Å². The Labute approximate surface area is 178 Å². The molecule has 1 aliphatic heterocycles. The Balaban J connectivity index is 0.00000240. The SMILES string of the molecule is CC(CCc1ccccc1)NCC(O)c1ccc2c3c(cccc13)C(=O)N2C.Cl. The Morgan fingerprint density at radius 1 is 1.03 bits per heavy atom. The molecule has 1 amide bonds. The van der Waals surface area contributed by atoms with Crippen LogP contribution in [0.5, 0.6) is 0 Å². The lowest BCUT2D eigenvalue weighted by molar-refractivity contribution is 0.0999. The molecule has 1 aliphatic rings. The minimum Gasteiger partial charge on any atom is -0.387 e. The average Bonchev–Trinajstić information content (AvgIpc) is 2.98. The van der Waals surface area contributed by atoms with E-state index >= 15 is 0 Å². The van der Waals surface area contributed by atoms with Gasteiger partial charge in [-0.25, -0.2) is 0 Å². The first-order chi connectivity index (χ1) is 13.6. The molecule has 5 heteroatoms. The Kier molecular flexibility index (Phi) is 6.58. The maximum atomic E-state index is 12.4. The molecule has 0 fully saturated rings. The van der Waals surface area contributed by atoms with Gasteiger partial charge in [-0.3, -0.25) is 4.79 Å². The summed E-state index contributed by atoms with van der Waals surface area (Å²) >= 11 is 0. The molecule has 0 saturated carbocycles. The summed E-state index contributed by atoms with van der Waals surface area (Å²) < 4.78 is 0. The largest absolute Gasteiger partial charge is 0.387 e. The molecule has 1 heterocycles. The Morgan fingerprint density at radius 3 is 2.55 bits per heavy atom. The number of amides is 1. The molecule has 152 valence electrons. The van der Waals surface area contributed by atoms with Crippen LogP contribution in [0, 0.1) is 0 Å². The molecule has 2 N–H and O–H groups in total. The maximum absolute atomic E-state index is 12.4. The van der Waals surface area contributed by atoms with Crippen LogP contribution in [0.3, 0.4) is 0 Å². The molecule has 4 rings (SSSR count). The van der Waals surface area contributed by atoms with Crippen LogP contribution >= 0.6 is 12.4 Å². The standard InChI is InChI=1S/C24H26N2O2.ClH/c1-16(11-12-17-7-4-3-5-8-17)25-15-22(27)18-13-14-21-23-19(18)9-6-10-20(23)24(28)26(21)2;/h3-10,13-14,16,22,25,27H,11-12,15H2,1-2H3;1H. The second-order valence-electron chi connectivity index (χ2n) is 7.62. The van der Waals surface area contributed by atoms with Gasteiger partial charge in [0.25, 0.3) is 5.91 Å². The molecule has 0 spiro atoms. The van der Waals surface area contributed by atoms with Crippen molar-refractivity contribution in [3.63, 3.8) is 0 Å². The third kappa shape index (κ3) is 4.15. The summed E-state index contributed by atoms with van der Waals surface area (Å²) in [7, 11) is 1.79. The summed E-state index contributed by atoms with van der Waals surface area (Å²) in [5.41, 5.74) is 3.83. The van der Waals surface area contributed by atoms with E-state index in [9.17, 15) is 9.90 Å². The molecule has 0 radical (unpaired) electrons. The summed E-state index contributed by atoms with van der Waals surface area (Å²) in [6.07, 6.45) is 1.41. The lowest BCUT2D eigenvalue weighted by atomic mass is 9.97. The van der Waals surface area contributed by atoms with Gasteiger partial charge in [-0.2, -0.15) is 0 Å². The number of hydrogen-bond donors (Lipinski definition) is 2. The van der Waals surface area contributed by atoms with Crippen molar-refractivity contribution in [3.05, 3.63) is 77.4 Å². The van der Waals surface area contributed by atoms with Crippen LogP contribution in [0.15, 0.2) is 60.7 Å². The number of anilines is 1. The van der Waals surface area contributed by atoms with Gasteiger partial charge in [0.1, 0.15) is 0 Å². The lowest BCUT2D eigenvalue weighted by Gasteiger charge is -2.19. The number of nitrogens with zero attached hydrogens (tertiary/aromatic N) is 1. The fourth-order valence-electron chi connectivity index (χ4n) is 4.00. The fraction of sp³-hybridized carbons (Fsp3) is 0.292. The summed E-state index contributed by atoms with van der Waals surface area (Å²) in [6, 6.07) is 20.4. The molecule has 3 aromatic carbocycles. The molecule has 3 aromatic rings. The van der Waals surface area contributed by atoms with Crippen molar-refractivity contribution in [3.8, 4) is 0 Å². The van der Waals surface area contributed by atoms with E-state index in [1.807, 2.05) is 36.4 Å². The highest BCUT2D eigenvalue weighted by Gasteiger charge is 2.28. The van der Waals surface area contributed by atoms with E-state index in [1.54, 1.807) is 11.9 Å². The summed E-state index contributed by atoms with van der Waals surface area (Å²) in [6.45, 7) is 2.63. The number of nitrogens with one attached hydrogen (secondary N) is 1. The summed E-state index contributed by atoms with van der Waals surface area (Å²) in [5, 5.41) is 16.2. The first-order valence-electron chi connectivity index (χ1n) is 9.85. The van der Waals surface area contributed by atoms with E-state index in [4.69, 9.17) is 0 Å². The average molecular weight is 411 g/mol. The third-order valence-corrected chi connectivity index (χ3v) is 5.68. The second kappa shape index (κ2) is 8.95. The van der Waals surface area contributed by atoms with Crippen LogP contribution in [0.1, 0.15) is 40.9 Å². The van der Waals surface area contributed by atoms with Gasteiger partial charge in [0.2, 0.25) is 0 Å². The quantitative estimate of drug-likeness (QED) is 0.603. The highest BCUT2D eigenvalue weighted by molar-refractivity contribution is 6.25. The molecule has 0 bridgehead atoms. The highest BCUT2D eigenvalue weighted by atomic mass is 35.5. The number of rotatable bonds is 7. The normalized spacial score (nSPS) is 14.7. The molecule has 2 atom stereocenters. The minimum atomic E-state index is -0.621. The number of halogens is 1. The van der Waals surface area contributed by atoms with Gasteiger partial charge in [0.05, 0.1) is 11.8 Å². The van der Waals surface area contributed by atoms with Crippen LogP contribution in [-0.4, -0.2) is 30.6 Å². The first kappa shape index (κ1) is 21.3. The number of aliphatic hydroxyl groups excluding tert-OH is 1. The van der Waals surface area contributed by atoms with E-state index in [0.717, 1.165) is 34.9 Å². The molecule has 4 nitrogen and oxygen atoms in total. The van der Waals surface area contributed by atoms with Gasteiger partial charge in [-0.1, -0.05) is 48.5 Å². The number of aliphatic hydroxyl groups is 1. The van der Waals surface area contributed by atoms with Crippen molar-refractivity contribution in [2.24, 2.45) is 0 Å². The smallest absolute Gasteiger partial charge is 0.258 e.